The lowest BCUT2D eigenvalue weighted by molar-refractivity contribution is -0.137. The highest BCUT2D eigenvalue weighted by Gasteiger charge is 2.37. The normalized spacial score (nSPS) is 11.9. The maximum absolute atomic E-state index is 13.4. The zero-order valence-corrected chi connectivity index (χ0v) is 22.7. The first-order valence-electron chi connectivity index (χ1n) is 11.5. The molecule has 1 amide bonds. The van der Waals surface area contributed by atoms with Gasteiger partial charge in [0.2, 0.25) is 5.88 Å². The van der Waals surface area contributed by atoms with Gasteiger partial charge < -0.3 is 18.9 Å². The van der Waals surface area contributed by atoms with E-state index in [0.29, 0.717) is 29.4 Å². The van der Waals surface area contributed by atoms with E-state index in [9.17, 15) is 26.4 Å². The fourth-order valence-electron chi connectivity index (χ4n) is 2.93. The summed E-state index contributed by atoms with van der Waals surface area (Å²) in [7, 11) is -3.15. The van der Waals surface area contributed by atoms with E-state index in [4.69, 9.17) is 30.5 Å². The van der Waals surface area contributed by atoms with Crippen LogP contribution in [0.1, 0.15) is 39.2 Å². The molecule has 0 atom stereocenters. The zero-order chi connectivity index (χ0) is 28.5. The molecular weight excluding hydrogens is 555 g/mol. The number of pyridine rings is 1. The second-order valence-corrected chi connectivity index (χ2v) is 10.0. The summed E-state index contributed by atoms with van der Waals surface area (Å²) < 4.78 is 89.9. The summed E-state index contributed by atoms with van der Waals surface area (Å²) in [4.78, 5) is 16.7. The third-order valence-electron chi connectivity index (χ3n) is 4.51. The number of para-hydroxylation sites is 1. The molecule has 1 heterocycles. The molecule has 1 N–H and O–H groups in total. The van der Waals surface area contributed by atoms with Crippen LogP contribution in [0.3, 0.4) is 0 Å². The number of methoxy groups -OCH3 is 1. The number of amides is 1. The number of anilines is 1. The molecule has 2 aromatic rings. The smallest absolute Gasteiger partial charge is 0.429 e. The predicted octanol–water partition coefficient (Wildman–Crippen LogP) is 5.56. The average Bonchev–Trinajstić information content (AvgIpc) is 2.82. The number of halogens is 4. The van der Waals surface area contributed by atoms with E-state index in [1.807, 2.05) is 0 Å². The van der Waals surface area contributed by atoms with Gasteiger partial charge in [-0.3, -0.25) is 0 Å². The van der Waals surface area contributed by atoms with Gasteiger partial charge in [0.05, 0.1) is 18.3 Å². The average molecular weight is 584 g/mol. The van der Waals surface area contributed by atoms with Gasteiger partial charge in [0, 0.05) is 26.5 Å². The molecule has 0 spiro atoms. The minimum absolute atomic E-state index is 0.0799. The van der Waals surface area contributed by atoms with Crippen LogP contribution in [0, 0.1) is 0 Å². The molecule has 0 saturated carbocycles. The van der Waals surface area contributed by atoms with Gasteiger partial charge in [-0.2, -0.15) is 30.6 Å². The molecule has 0 aliphatic heterocycles. The molecule has 212 valence electrons. The molecule has 15 heteroatoms. The van der Waals surface area contributed by atoms with Crippen molar-refractivity contribution >= 4 is 33.6 Å². The van der Waals surface area contributed by atoms with Gasteiger partial charge in [-0.05, 0) is 44.9 Å². The number of rotatable bonds is 13. The Labute approximate surface area is 224 Å². The fraction of sp³-hybridized carbons (Fsp3) is 0.478. The maximum Gasteiger partial charge on any atom is 0.429 e. The highest BCUT2D eigenvalue weighted by molar-refractivity contribution is 7.91. The number of ether oxygens (including phenoxy) is 4. The number of hydrogen-bond donors (Lipinski definition) is 1. The Kier molecular flexibility index (Phi) is 11.4. The van der Waals surface area contributed by atoms with Crippen LogP contribution in [0.4, 0.5) is 23.7 Å². The quantitative estimate of drug-likeness (QED) is 0.305. The lowest BCUT2D eigenvalue weighted by Gasteiger charge is -2.26. The van der Waals surface area contributed by atoms with E-state index in [0.717, 1.165) is 0 Å². The standard InChI is InChI=1S/C23H29ClF3N3O7S/c1-5-11-35-22(31)30(38(32,33)29-10-7-12-34-4)20-18(36-15(2)3)8-6-9-19(20)37-21-17(24)13-16(14-28-21)23(25,26)27/h6,8-9,13-15,29H,5,7,10-12H2,1-4H3. The second-order valence-electron chi connectivity index (χ2n) is 8.00. The Morgan fingerprint density at radius 2 is 1.89 bits per heavy atom. The number of nitrogens with one attached hydrogen (secondary N) is 1. The van der Waals surface area contributed by atoms with Crippen molar-refractivity contribution in [2.75, 3.05) is 31.2 Å². The van der Waals surface area contributed by atoms with Crippen LogP contribution >= 0.6 is 11.6 Å². The first-order chi connectivity index (χ1) is 17.8. The molecule has 0 fully saturated rings. The number of aromatic nitrogens is 1. The maximum atomic E-state index is 13.4. The topological polar surface area (TPSA) is 116 Å². The molecule has 0 saturated heterocycles. The lowest BCUT2D eigenvalue weighted by Crippen LogP contribution is -2.45. The minimum atomic E-state index is -4.70. The molecule has 1 aromatic carbocycles. The molecule has 1 aromatic heterocycles. The van der Waals surface area contributed by atoms with Crippen molar-refractivity contribution < 1.29 is 45.3 Å². The van der Waals surface area contributed by atoms with Crippen molar-refractivity contribution in [3.05, 3.63) is 41.0 Å². The van der Waals surface area contributed by atoms with Gasteiger partial charge in [0.15, 0.2) is 5.75 Å². The summed E-state index contributed by atoms with van der Waals surface area (Å²) in [5.41, 5.74) is -1.50. The Morgan fingerprint density at radius 3 is 2.47 bits per heavy atom. The van der Waals surface area contributed by atoms with Crippen molar-refractivity contribution in [2.24, 2.45) is 0 Å². The number of carbonyl (C=O) groups excluding carboxylic acids is 1. The number of hydrogen-bond acceptors (Lipinski definition) is 8. The highest BCUT2D eigenvalue weighted by atomic mass is 35.5. The Morgan fingerprint density at radius 1 is 1.21 bits per heavy atom. The number of carbonyl (C=O) groups is 1. The van der Waals surface area contributed by atoms with E-state index in [1.165, 1.54) is 25.3 Å². The molecular formula is C23H29ClF3N3O7S. The zero-order valence-electron chi connectivity index (χ0n) is 21.2. The van der Waals surface area contributed by atoms with E-state index < -0.39 is 45.0 Å². The summed E-state index contributed by atoms with van der Waals surface area (Å²) in [6, 6.07) is 4.71. The van der Waals surface area contributed by atoms with E-state index in [2.05, 4.69) is 9.71 Å². The summed E-state index contributed by atoms with van der Waals surface area (Å²) in [5.74, 6) is -0.848. The van der Waals surface area contributed by atoms with Crippen LogP contribution in [0.15, 0.2) is 30.5 Å². The van der Waals surface area contributed by atoms with Crippen LogP contribution in [-0.2, 0) is 25.9 Å². The van der Waals surface area contributed by atoms with Crippen molar-refractivity contribution in [1.82, 2.24) is 9.71 Å². The van der Waals surface area contributed by atoms with Gasteiger partial charge in [-0.15, -0.1) is 0 Å². The van der Waals surface area contributed by atoms with Crippen molar-refractivity contribution in [2.45, 2.75) is 45.9 Å². The predicted molar refractivity (Wildman–Crippen MR) is 134 cm³/mol. The molecule has 38 heavy (non-hydrogen) atoms. The van der Waals surface area contributed by atoms with Gasteiger partial charge in [0.1, 0.15) is 16.5 Å². The van der Waals surface area contributed by atoms with Crippen molar-refractivity contribution in [3.63, 3.8) is 0 Å². The van der Waals surface area contributed by atoms with Gasteiger partial charge in [-0.25, -0.2) is 9.78 Å². The van der Waals surface area contributed by atoms with E-state index in [1.54, 1.807) is 20.8 Å². The van der Waals surface area contributed by atoms with Gasteiger partial charge in [-0.1, -0.05) is 24.6 Å². The number of nitrogens with zero attached hydrogens (tertiary/aromatic N) is 2. The third kappa shape index (κ3) is 8.61. The van der Waals surface area contributed by atoms with Gasteiger partial charge in [0.25, 0.3) is 0 Å². The first kappa shape index (κ1) is 31.4. The minimum Gasteiger partial charge on any atom is -0.489 e. The molecule has 0 aliphatic rings. The van der Waals surface area contributed by atoms with E-state index >= 15 is 0 Å². The molecule has 0 unspecified atom stereocenters. The summed E-state index contributed by atoms with van der Waals surface area (Å²) in [6.07, 6.45) is -5.22. The highest BCUT2D eigenvalue weighted by Crippen LogP contribution is 2.43. The van der Waals surface area contributed by atoms with Crippen LogP contribution in [0.25, 0.3) is 0 Å². The summed E-state index contributed by atoms with van der Waals surface area (Å²) in [5, 5.41) is -0.499. The number of benzene rings is 1. The van der Waals surface area contributed by atoms with Crippen LogP contribution in [0.5, 0.6) is 17.4 Å². The Balaban J connectivity index is 2.66. The second kappa shape index (κ2) is 13.8. The van der Waals surface area contributed by atoms with Crippen LogP contribution in [-0.4, -0.2) is 52.5 Å². The first-order valence-corrected chi connectivity index (χ1v) is 13.3. The van der Waals surface area contributed by atoms with Crippen LogP contribution < -0.4 is 18.5 Å². The Hall–Kier alpha value is -2.81. The molecule has 0 radical (unpaired) electrons. The number of alkyl halides is 3. The van der Waals surface area contributed by atoms with Crippen molar-refractivity contribution in [3.8, 4) is 17.4 Å². The van der Waals surface area contributed by atoms with E-state index in [-0.39, 0.29) is 36.9 Å². The fourth-order valence-corrected chi connectivity index (χ4v) is 4.34. The Bertz CT molecular complexity index is 1200. The largest absolute Gasteiger partial charge is 0.489 e. The molecule has 0 aliphatic carbocycles. The summed E-state index contributed by atoms with van der Waals surface area (Å²) in [6.45, 7) is 5.14. The van der Waals surface area contributed by atoms with Crippen molar-refractivity contribution in [1.29, 1.82) is 0 Å². The SMILES string of the molecule is CCCOC(=O)N(c1c(Oc2ncc(C(F)(F)F)cc2Cl)cccc1OC(C)C)S(=O)(=O)NCCCOC. The molecule has 10 nitrogen and oxygen atoms in total. The van der Waals surface area contributed by atoms with Gasteiger partial charge >= 0.3 is 22.5 Å². The molecule has 2 rings (SSSR count). The lowest BCUT2D eigenvalue weighted by atomic mass is 10.2. The van der Waals surface area contributed by atoms with Crippen LogP contribution in [0.2, 0.25) is 5.02 Å². The third-order valence-corrected chi connectivity index (χ3v) is 6.17. The summed E-state index contributed by atoms with van der Waals surface area (Å²) >= 11 is 5.99. The monoisotopic (exact) mass is 583 g/mol. The molecule has 0 bridgehead atoms.